The highest BCUT2D eigenvalue weighted by Crippen LogP contribution is 2.31. The lowest BCUT2D eigenvalue weighted by Crippen LogP contribution is -2.46. The Hall–Kier alpha value is -2.42. The molecule has 1 aromatic rings. The summed E-state index contributed by atoms with van der Waals surface area (Å²) in [6.07, 6.45) is 3.60. The van der Waals surface area contributed by atoms with E-state index in [1.807, 2.05) is 38.3 Å². The molecule has 35 heavy (non-hydrogen) atoms. The molecule has 1 aliphatic heterocycles. The van der Waals surface area contributed by atoms with E-state index in [9.17, 15) is 24.6 Å². The molecule has 0 aromatic carbocycles. The monoisotopic (exact) mass is 503 g/mol. The van der Waals surface area contributed by atoms with Gasteiger partial charge in [0.1, 0.15) is 11.9 Å². The number of allylic oxidation sites excluding steroid dienone is 3. The summed E-state index contributed by atoms with van der Waals surface area (Å²) >= 11 is 1.52. The maximum absolute atomic E-state index is 13.1. The van der Waals surface area contributed by atoms with E-state index in [0.29, 0.717) is 6.42 Å². The van der Waals surface area contributed by atoms with Crippen LogP contribution < -0.4 is 0 Å². The van der Waals surface area contributed by atoms with Crippen LogP contribution in [0, 0.1) is 24.2 Å². The Labute approximate surface area is 211 Å². The topological polar surface area (TPSA) is 114 Å². The standard InChI is InChI=1S/C27H37NO6S/c1-15-8-10-21(29)17(3)25(32)18(4)26(33)27(6,7)23(30)13-24(31)34-22(11-9-15)16(2)12-20-14-35-19(5)28-20/h8-10,12,14,17-18,22-23,25,30,32H,11,13H2,1-7H3/b10-8+,15-9+,16-12+/t17-,18+,22-,23-,25-/m0/s1. The van der Waals surface area contributed by atoms with Crippen LogP contribution in [-0.4, -0.2) is 51.0 Å². The van der Waals surface area contributed by atoms with Gasteiger partial charge in [0.05, 0.1) is 34.7 Å². The number of carbonyl (C=O) groups is 3. The Balaban J connectivity index is 2.43. The van der Waals surface area contributed by atoms with Gasteiger partial charge in [-0.05, 0) is 38.5 Å². The van der Waals surface area contributed by atoms with Gasteiger partial charge in [-0.25, -0.2) is 4.98 Å². The number of aromatic nitrogens is 1. The lowest BCUT2D eigenvalue weighted by Gasteiger charge is -2.34. The molecule has 0 spiro atoms. The van der Waals surface area contributed by atoms with Crippen molar-refractivity contribution in [3.05, 3.63) is 45.5 Å². The van der Waals surface area contributed by atoms with Gasteiger partial charge in [-0.2, -0.15) is 0 Å². The van der Waals surface area contributed by atoms with Crippen LogP contribution in [0.2, 0.25) is 0 Å². The maximum atomic E-state index is 13.1. The predicted octanol–water partition coefficient (Wildman–Crippen LogP) is 4.22. The molecule has 0 bridgehead atoms. The lowest BCUT2D eigenvalue weighted by atomic mass is 9.73. The van der Waals surface area contributed by atoms with Gasteiger partial charge in [0.25, 0.3) is 0 Å². The molecule has 8 heteroatoms. The summed E-state index contributed by atoms with van der Waals surface area (Å²) in [5, 5.41) is 24.3. The fourth-order valence-corrected chi connectivity index (χ4v) is 4.52. The largest absolute Gasteiger partial charge is 0.457 e. The highest BCUT2D eigenvalue weighted by atomic mass is 32.1. The van der Waals surface area contributed by atoms with Crippen molar-refractivity contribution >= 4 is 34.9 Å². The van der Waals surface area contributed by atoms with Crippen molar-refractivity contribution in [3.8, 4) is 0 Å². The summed E-state index contributed by atoms with van der Waals surface area (Å²) in [4.78, 5) is 43.0. The molecule has 0 radical (unpaired) electrons. The molecule has 0 amide bonds. The van der Waals surface area contributed by atoms with Crippen LogP contribution in [0.5, 0.6) is 0 Å². The second-order valence-corrected chi connectivity index (χ2v) is 11.0. The number of cyclic esters (lactones) is 1. The number of hydrogen-bond acceptors (Lipinski definition) is 8. The van der Waals surface area contributed by atoms with Gasteiger partial charge in [-0.3, -0.25) is 14.4 Å². The minimum atomic E-state index is -1.33. The second kappa shape index (κ2) is 12.0. The normalized spacial score (nSPS) is 32.0. The first-order valence-electron chi connectivity index (χ1n) is 11.8. The van der Waals surface area contributed by atoms with E-state index in [1.165, 1.54) is 38.2 Å². The summed E-state index contributed by atoms with van der Waals surface area (Å²) in [6.45, 7) is 11.8. The Bertz CT molecular complexity index is 1030. The molecule has 1 aliphatic rings. The number of aliphatic hydroxyl groups is 2. The average molecular weight is 504 g/mol. The molecule has 0 unspecified atom stereocenters. The molecule has 2 rings (SSSR count). The summed E-state index contributed by atoms with van der Waals surface area (Å²) in [6, 6.07) is 0. The number of carbonyl (C=O) groups excluding carboxylic acids is 3. The van der Waals surface area contributed by atoms with Crippen molar-refractivity contribution in [1.29, 1.82) is 0 Å². The quantitative estimate of drug-likeness (QED) is 0.581. The average Bonchev–Trinajstić information content (AvgIpc) is 3.21. The van der Waals surface area contributed by atoms with Crippen molar-refractivity contribution in [2.24, 2.45) is 17.3 Å². The van der Waals surface area contributed by atoms with Gasteiger partial charge in [0.2, 0.25) is 0 Å². The molecule has 2 heterocycles. The Kier molecular flexibility index (Phi) is 9.89. The minimum Gasteiger partial charge on any atom is -0.457 e. The molecule has 192 valence electrons. The molecule has 0 fully saturated rings. The van der Waals surface area contributed by atoms with E-state index in [0.717, 1.165) is 21.8 Å². The van der Waals surface area contributed by atoms with Gasteiger partial charge in [-0.15, -0.1) is 11.3 Å². The smallest absolute Gasteiger partial charge is 0.309 e. The van der Waals surface area contributed by atoms with Crippen molar-refractivity contribution in [2.45, 2.75) is 79.6 Å². The van der Waals surface area contributed by atoms with Gasteiger partial charge in [0, 0.05) is 23.6 Å². The first-order chi connectivity index (χ1) is 16.2. The Morgan fingerprint density at radius 2 is 1.80 bits per heavy atom. The van der Waals surface area contributed by atoms with Crippen LogP contribution in [0.15, 0.2) is 34.8 Å². The highest BCUT2D eigenvalue weighted by Gasteiger charge is 2.43. The van der Waals surface area contributed by atoms with E-state index in [-0.39, 0.29) is 12.2 Å². The van der Waals surface area contributed by atoms with Crippen molar-refractivity contribution < 1.29 is 29.3 Å². The molecular weight excluding hydrogens is 466 g/mol. The number of ketones is 2. The third-order valence-electron chi connectivity index (χ3n) is 6.67. The first kappa shape index (κ1) is 28.8. The van der Waals surface area contributed by atoms with Crippen LogP contribution in [0.1, 0.15) is 65.1 Å². The molecule has 0 aliphatic carbocycles. The van der Waals surface area contributed by atoms with Crippen molar-refractivity contribution in [3.63, 3.8) is 0 Å². The minimum absolute atomic E-state index is 0.298. The van der Waals surface area contributed by atoms with Crippen LogP contribution in [-0.2, 0) is 19.1 Å². The fourth-order valence-electron chi connectivity index (χ4n) is 3.95. The predicted molar refractivity (Wildman–Crippen MR) is 137 cm³/mol. The zero-order valence-corrected chi connectivity index (χ0v) is 22.4. The number of esters is 1. The van der Waals surface area contributed by atoms with E-state index in [4.69, 9.17) is 4.74 Å². The third-order valence-corrected chi connectivity index (χ3v) is 7.47. The van der Waals surface area contributed by atoms with Crippen molar-refractivity contribution in [2.75, 3.05) is 0 Å². The van der Waals surface area contributed by atoms with E-state index in [2.05, 4.69) is 4.98 Å². The van der Waals surface area contributed by atoms with Crippen LogP contribution >= 0.6 is 11.3 Å². The third kappa shape index (κ3) is 7.53. The molecule has 1 aromatic heterocycles. The number of rotatable bonds is 2. The summed E-state index contributed by atoms with van der Waals surface area (Å²) in [7, 11) is 0. The van der Waals surface area contributed by atoms with E-state index < -0.39 is 47.3 Å². The summed E-state index contributed by atoms with van der Waals surface area (Å²) < 4.78 is 5.74. The van der Waals surface area contributed by atoms with Gasteiger partial charge < -0.3 is 14.9 Å². The van der Waals surface area contributed by atoms with Crippen LogP contribution in [0.3, 0.4) is 0 Å². The van der Waals surface area contributed by atoms with Crippen LogP contribution in [0.4, 0.5) is 0 Å². The maximum Gasteiger partial charge on any atom is 0.309 e. The fraction of sp³-hybridized carbons (Fsp3) is 0.556. The first-order valence-corrected chi connectivity index (χ1v) is 12.7. The number of thiazole rings is 1. The summed E-state index contributed by atoms with van der Waals surface area (Å²) in [5.41, 5.74) is 1.01. The zero-order valence-electron chi connectivity index (χ0n) is 21.6. The second-order valence-electron chi connectivity index (χ2n) is 9.95. The number of nitrogens with zero attached hydrogens (tertiary/aromatic N) is 1. The van der Waals surface area contributed by atoms with Crippen LogP contribution in [0.25, 0.3) is 6.08 Å². The number of hydrogen-bond donors (Lipinski definition) is 2. The Morgan fingerprint density at radius 1 is 1.14 bits per heavy atom. The zero-order chi connectivity index (χ0) is 26.5. The van der Waals surface area contributed by atoms with E-state index in [1.54, 1.807) is 13.0 Å². The number of Topliss-reactive ketones (excluding diaryl/α,β-unsaturated/α-hetero) is 1. The number of aliphatic hydroxyl groups excluding tert-OH is 2. The van der Waals surface area contributed by atoms with E-state index >= 15 is 0 Å². The lowest BCUT2D eigenvalue weighted by molar-refractivity contribution is -0.154. The highest BCUT2D eigenvalue weighted by molar-refractivity contribution is 7.09. The molecule has 7 nitrogen and oxygen atoms in total. The molecule has 0 saturated heterocycles. The van der Waals surface area contributed by atoms with Gasteiger partial charge >= 0.3 is 5.97 Å². The molecular formula is C27H37NO6S. The molecule has 0 saturated carbocycles. The van der Waals surface area contributed by atoms with Gasteiger partial charge in [0.15, 0.2) is 5.78 Å². The summed E-state index contributed by atoms with van der Waals surface area (Å²) in [5.74, 6) is -3.07. The number of aryl methyl sites for hydroxylation is 1. The SMILES string of the molecule is CC1=C\C[C@@H](/C(C)=C/c2csc(C)n2)OC(=O)C[C@H](O)C(C)(C)C(=O)[C@H](C)[C@@H](O)[C@@H](C)C(=O)\C=C\1. The van der Waals surface area contributed by atoms with Crippen molar-refractivity contribution in [1.82, 2.24) is 4.98 Å². The Morgan fingerprint density at radius 3 is 2.40 bits per heavy atom. The van der Waals surface area contributed by atoms with Gasteiger partial charge in [-0.1, -0.05) is 45.4 Å². The molecule has 5 atom stereocenters. The number of ether oxygens (including phenoxy) is 1. The molecule has 2 N–H and O–H groups in total.